The van der Waals surface area contributed by atoms with E-state index in [0.717, 1.165) is 11.9 Å². The van der Waals surface area contributed by atoms with Crippen LogP contribution in [0.25, 0.3) is 0 Å². The lowest BCUT2D eigenvalue weighted by Gasteiger charge is -1.97. The van der Waals surface area contributed by atoms with Crippen LogP contribution < -0.4 is 0 Å². The molecule has 12 heavy (non-hydrogen) atoms. The molecule has 0 aromatic carbocycles. The number of hydrogen-bond acceptors (Lipinski definition) is 3. The van der Waals surface area contributed by atoms with Gasteiger partial charge in [0.2, 0.25) is 0 Å². The molecule has 0 saturated carbocycles. The summed E-state index contributed by atoms with van der Waals surface area (Å²) in [6, 6.07) is 0. The van der Waals surface area contributed by atoms with Crippen LogP contribution in [-0.2, 0) is 14.3 Å². The first-order chi connectivity index (χ1) is 5.70. The van der Waals surface area contributed by atoms with Crippen LogP contribution in [0.15, 0.2) is 11.6 Å². The number of esters is 1. The van der Waals surface area contributed by atoms with Gasteiger partial charge in [-0.1, -0.05) is 5.57 Å². The summed E-state index contributed by atoms with van der Waals surface area (Å²) in [6.07, 6.45) is 3.35. The Balaban J connectivity index is 3.80. The van der Waals surface area contributed by atoms with E-state index in [0.29, 0.717) is 19.4 Å². The second-order valence-electron chi connectivity index (χ2n) is 2.45. The summed E-state index contributed by atoms with van der Waals surface area (Å²) in [5.41, 5.74) is 0.876. The van der Waals surface area contributed by atoms with E-state index < -0.39 is 0 Å². The first-order valence-electron chi connectivity index (χ1n) is 3.98. The molecule has 0 unspecified atom stereocenters. The summed E-state index contributed by atoms with van der Waals surface area (Å²) in [7, 11) is 0. The molecule has 0 spiro atoms. The van der Waals surface area contributed by atoms with Gasteiger partial charge in [-0.2, -0.15) is 0 Å². The molecule has 0 aliphatic heterocycles. The number of aldehydes is 1. The zero-order valence-corrected chi connectivity index (χ0v) is 7.50. The monoisotopic (exact) mass is 170 g/mol. The van der Waals surface area contributed by atoms with Crippen molar-refractivity contribution in [2.24, 2.45) is 0 Å². The molecule has 0 atom stereocenters. The number of hydrogen-bond donors (Lipinski definition) is 0. The van der Waals surface area contributed by atoms with Crippen molar-refractivity contribution in [3.8, 4) is 0 Å². The summed E-state index contributed by atoms with van der Waals surface area (Å²) >= 11 is 0. The highest BCUT2D eigenvalue weighted by Crippen LogP contribution is 2.02. The molecule has 0 aliphatic carbocycles. The van der Waals surface area contributed by atoms with Crippen LogP contribution in [0.2, 0.25) is 0 Å². The molecule has 0 radical (unpaired) electrons. The van der Waals surface area contributed by atoms with Gasteiger partial charge >= 0.3 is 5.97 Å². The first-order valence-corrected chi connectivity index (χ1v) is 3.98. The van der Waals surface area contributed by atoms with E-state index in [9.17, 15) is 9.59 Å². The summed E-state index contributed by atoms with van der Waals surface area (Å²) in [4.78, 5) is 20.8. The van der Waals surface area contributed by atoms with E-state index in [1.165, 1.54) is 6.08 Å². The van der Waals surface area contributed by atoms with Gasteiger partial charge in [0.15, 0.2) is 0 Å². The summed E-state index contributed by atoms with van der Waals surface area (Å²) in [5.74, 6) is -0.333. The average molecular weight is 170 g/mol. The highest BCUT2D eigenvalue weighted by atomic mass is 16.5. The van der Waals surface area contributed by atoms with Crippen molar-refractivity contribution >= 4 is 12.3 Å². The van der Waals surface area contributed by atoms with Gasteiger partial charge in [-0.25, -0.2) is 4.79 Å². The number of rotatable bonds is 5. The smallest absolute Gasteiger partial charge is 0.330 e. The Labute approximate surface area is 72.4 Å². The van der Waals surface area contributed by atoms with Gasteiger partial charge in [-0.3, -0.25) is 0 Å². The number of allylic oxidation sites excluding steroid dienone is 1. The fourth-order valence-electron chi connectivity index (χ4n) is 0.744. The lowest BCUT2D eigenvalue weighted by atomic mass is 10.2. The molecule has 3 nitrogen and oxygen atoms in total. The minimum atomic E-state index is -0.333. The molecule has 0 aliphatic rings. The average Bonchev–Trinajstić information content (AvgIpc) is 2.01. The van der Waals surface area contributed by atoms with Crippen molar-refractivity contribution in [1.29, 1.82) is 0 Å². The Morgan fingerprint density at radius 3 is 2.67 bits per heavy atom. The van der Waals surface area contributed by atoms with Gasteiger partial charge in [0, 0.05) is 12.5 Å². The van der Waals surface area contributed by atoms with E-state index in [1.54, 1.807) is 13.8 Å². The fourth-order valence-corrected chi connectivity index (χ4v) is 0.744. The van der Waals surface area contributed by atoms with Crippen LogP contribution in [0, 0.1) is 0 Å². The predicted octanol–water partition coefficient (Wildman–Crippen LogP) is 1.47. The quantitative estimate of drug-likeness (QED) is 0.356. The Kier molecular flexibility index (Phi) is 5.97. The van der Waals surface area contributed by atoms with Gasteiger partial charge in [-0.05, 0) is 20.3 Å². The van der Waals surface area contributed by atoms with Gasteiger partial charge in [-0.15, -0.1) is 0 Å². The third kappa shape index (κ3) is 5.65. The molecule has 0 saturated heterocycles. The minimum Gasteiger partial charge on any atom is -0.463 e. The van der Waals surface area contributed by atoms with Crippen molar-refractivity contribution in [3.05, 3.63) is 11.6 Å². The Bertz CT molecular complexity index is 182. The molecule has 3 heteroatoms. The number of ether oxygens (including phenoxy) is 1. The number of carbonyl (C=O) groups is 2. The fraction of sp³-hybridized carbons (Fsp3) is 0.556. The largest absolute Gasteiger partial charge is 0.463 e. The van der Waals surface area contributed by atoms with Crippen molar-refractivity contribution < 1.29 is 14.3 Å². The topological polar surface area (TPSA) is 43.4 Å². The van der Waals surface area contributed by atoms with Crippen molar-refractivity contribution in [2.75, 3.05) is 6.61 Å². The van der Waals surface area contributed by atoms with Gasteiger partial charge in [0.1, 0.15) is 6.29 Å². The van der Waals surface area contributed by atoms with Crippen LogP contribution in [0.3, 0.4) is 0 Å². The predicted molar refractivity (Wildman–Crippen MR) is 45.7 cm³/mol. The van der Waals surface area contributed by atoms with E-state index in [2.05, 4.69) is 4.74 Å². The van der Waals surface area contributed by atoms with Crippen LogP contribution in [-0.4, -0.2) is 18.9 Å². The Hall–Kier alpha value is -1.12. The van der Waals surface area contributed by atoms with Crippen LogP contribution >= 0.6 is 0 Å². The third-order valence-corrected chi connectivity index (χ3v) is 1.31. The van der Waals surface area contributed by atoms with Crippen molar-refractivity contribution in [2.45, 2.75) is 26.7 Å². The molecule has 0 amide bonds. The summed E-state index contributed by atoms with van der Waals surface area (Å²) in [6.45, 7) is 3.95. The van der Waals surface area contributed by atoms with Gasteiger partial charge in [0.05, 0.1) is 6.61 Å². The standard InChI is InChI=1S/C9H14O3/c1-3-12-9(11)7-8(2)5-4-6-10/h6-7H,3-5H2,1-2H3. The van der Waals surface area contributed by atoms with E-state index in [4.69, 9.17) is 0 Å². The maximum absolute atomic E-state index is 10.8. The lowest BCUT2D eigenvalue weighted by molar-refractivity contribution is -0.137. The molecule has 0 bridgehead atoms. The van der Waals surface area contributed by atoms with E-state index >= 15 is 0 Å². The first kappa shape index (κ1) is 10.9. The third-order valence-electron chi connectivity index (χ3n) is 1.31. The molecule has 0 aromatic rings. The zero-order chi connectivity index (χ0) is 9.40. The molecule has 0 aromatic heterocycles. The second-order valence-corrected chi connectivity index (χ2v) is 2.45. The molecule has 0 heterocycles. The maximum Gasteiger partial charge on any atom is 0.330 e. The molecular weight excluding hydrogens is 156 g/mol. The summed E-state index contributed by atoms with van der Waals surface area (Å²) in [5, 5.41) is 0. The van der Waals surface area contributed by atoms with Crippen LogP contribution in [0.1, 0.15) is 26.7 Å². The Morgan fingerprint density at radius 2 is 2.17 bits per heavy atom. The molecule has 68 valence electrons. The summed E-state index contributed by atoms with van der Waals surface area (Å²) < 4.78 is 4.69. The van der Waals surface area contributed by atoms with E-state index in [-0.39, 0.29) is 5.97 Å². The lowest BCUT2D eigenvalue weighted by Crippen LogP contribution is -2.00. The highest BCUT2D eigenvalue weighted by molar-refractivity contribution is 5.82. The molecular formula is C9H14O3. The van der Waals surface area contributed by atoms with Gasteiger partial charge < -0.3 is 9.53 Å². The second kappa shape index (κ2) is 6.58. The Morgan fingerprint density at radius 1 is 1.50 bits per heavy atom. The highest BCUT2D eigenvalue weighted by Gasteiger charge is 1.96. The zero-order valence-electron chi connectivity index (χ0n) is 7.50. The van der Waals surface area contributed by atoms with Crippen LogP contribution in [0.5, 0.6) is 0 Å². The van der Waals surface area contributed by atoms with Gasteiger partial charge in [0.25, 0.3) is 0 Å². The van der Waals surface area contributed by atoms with Crippen molar-refractivity contribution in [3.63, 3.8) is 0 Å². The maximum atomic E-state index is 10.8. The normalized spacial score (nSPS) is 11.0. The number of carbonyl (C=O) groups excluding carboxylic acids is 2. The molecule has 0 fully saturated rings. The minimum absolute atomic E-state index is 0.333. The molecule has 0 rings (SSSR count). The van der Waals surface area contributed by atoms with Crippen molar-refractivity contribution in [1.82, 2.24) is 0 Å². The molecule has 0 N–H and O–H groups in total. The van der Waals surface area contributed by atoms with E-state index in [1.807, 2.05) is 0 Å². The SMILES string of the molecule is CCOC(=O)C=C(C)CCC=O. The van der Waals surface area contributed by atoms with Crippen LogP contribution in [0.4, 0.5) is 0 Å².